The number of carbonyl (C=O) groups is 1. The highest BCUT2D eigenvalue weighted by Gasteiger charge is 2.20. The number of ether oxygens (including phenoxy) is 1. The molecular weight excluding hydrogens is 458 g/mol. The van der Waals surface area contributed by atoms with E-state index in [2.05, 4.69) is 36.2 Å². The molecule has 0 saturated carbocycles. The first-order valence-electron chi connectivity index (χ1n) is 11.2. The fourth-order valence-electron chi connectivity index (χ4n) is 4.53. The highest BCUT2D eigenvalue weighted by molar-refractivity contribution is 6.31. The van der Waals surface area contributed by atoms with Gasteiger partial charge in [0.2, 0.25) is 0 Å². The number of esters is 1. The number of hydrogen-bond donors (Lipinski definition) is 1. The number of halogens is 1. The topological polar surface area (TPSA) is 67.9 Å². The van der Waals surface area contributed by atoms with Crippen LogP contribution in [0.15, 0.2) is 78.9 Å². The summed E-state index contributed by atoms with van der Waals surface area (Å²) >= 11 is 6.36. The smallest absolute Gasteiger partial charge is 0.356 e. The van der Waals surface area contributed by atoms with E-state index in [0.29, 0.717) is 16.4 Å². The molecule has 0 aliphatic rings. The number of nitrogens with zero attached hydrogens (tertiary/aromatic N) is 2. The molecule has 6 aromatic rings. The normalized spacial score (nSPS) is 11.4. The van der Waals surface area contributed by atoms with Crippen LogP contribution in [-0.4, -0.2) is 28.0 Å². The van der Waals surface area contributed by atoms with E-state index in [-0.39, 0.29) is 5.69 Å². The van der Waals surface area contributed by atoms with E-state index in [0.717, 1.165) is 43.8 Å². The lowest BCUT2D eigenvalue weighted by molar-refractivity contribution is 0.0594. The van der Waals surface area contributed by atoms with E-state index in [1.807, 2.05) is 48.5 Å². The van der Waals surface area contributed by atoms with Gasteiger partial charge in [0.1, 0.15) is 11.4 Å². The number of pyridine rings is 2. The van der Waals surface area contributed by atoms with Crippen LogP contribution in [0.2, 0.25) is 5.02 Å². The number of methoxy groups -OCH3 is 1. The molecule has 3 aromatic carbocycles. The minimum atomic E-state index is -0.496. The van der Waals surface area contributed by atoms with Crippen molar-refractivity contribution in [3.05, 3.63) is 95.1 Å². The monoisotopic (exact) mass is 477 g/mol. The summed E-state index contributed by atoms with van der Waals surface area (Å²) in [6.45, 7) is 2.06. The SMILES string of the molecule is COC(=O)c1cc2c([nH]c3ccccc32)c(-c2cc(-c3ccc(C)cc3)c3cc(Cl)ccc3n2)n1. The Morgan fingerprint density at radius 3 is 2.49 bits per heavy atom. The molecule has 0 unspecified atom stereocenters. The van der Waals surface area contributed by atoms with Gasteiger partial charge in [-0.15, -0.1) is 0 Å². The van der Waals surface area contributed by atoms with Crippen molar-refractivity contribution in [3.63, 3.8) is 0 Å². The van der Waals surface area contributed by atoms with Crippen LogP contribution >= 0.6 is 11.6 Å². The lowest BCUT2D eigenvalue weighted by atomic mass is 9.98. The largest absolute Gasteiger partial charge is 0.464 e. The van der Waals surface area contributed by atoms with E-state index >= 15 is 0 Å². The second-order valence-corrected chi connectivity index (χ2v) is 8.96. The molecule has 6 rings (SSSR count). The maximum Gasteiger partial charge on any atom is 0.356 e. The van der Waals surface area contributed by atoms with Crippen LogP contribution in [0.3, 0.4) is 0 Å². The number of nitrogens with one attached hydrogen (secondary N) is 1. The van der Waals surface area contributed by atoms with Crippen molar-refractivity contribution in [3.8, 4) is 22.5 Å². The van der Waals surface area contributed by atoms with Gasteiger partial charge in [0.15, 0.2) is 0 Å². The average Bonchev–Trinajstić information content (AvgIpc) is 3.26. The number of carbonyl (C=O) groups excluding carboxylic acids is 1. The Kier molecular flexibility index (Phi) is 5.01. The van der Waals surface area contributed by atoms with Gasteiger partial charge in [0.25, 0.3) is 0 Å². The number of aromatic amines is 1. The predicted molar refractivity (Wildman–Crippen MR) is 141 cm³/mol. The first-order valence-corrected chi connectivity index (χ1v) is 11.6. The third kappa shape index (κ3) is 3.61. The average molecular weight is 478 g/mol. The standard InChI is InChI=1S/C29H20ClN3O2/c1-16-7-9-17(10-8-16)20-14-25(31-24-12-11-18(30)13-21(20)24)28-27-22(15-26(33-28)29(34)35-2)19-5-3-4-6-23(19)32-27/h3-15,32H,1-2H3. The van der Waals surface area contributed by atoms with E-state index in [9.17, 15) is 4.79 Å². The summed E-state index contributed by atoms with van der Waals surface area (Å²) in [5.74, 6) is -0.496. The van der Waals surface area contributed by atoms with Crippen LogP contribution in [0.25, 0.3) is 55.2 Å². The number of aryl methyl sites for hydroxylation is 1. The first-order chi connectivity index (χ1) is 17.0. The van der Waals surface area contributed by atoms with Gasteiger partial charge in [0.05, 0.1) is 23.8 Å². The van der Waals surface area contributed by atoms with Crippen molar-refractivity contribution >= 4 is 50.3 Å². The number of benzene rings is 3. The van der Waals surface area contributed by atoms with Crippen molar-refractivity contribution in [2.75, 3.05) is 7.11 Å². The molecule has 0 amide bonds. The third-order valence-electron chi connectivity index (χ3n) is 6.27. The highest BCUT2D eigenvalue weighted by Crippen LogP contribution is 2.37. The summed E-state index contributed by atoms with van der Waals surface area (Å²) in [4.78, 5) is 25.7. The molecule has 35 heavy (non-hydrogen) atoms. The molecular formula is C29H20ClN3O2. The fraction of sp³-hybridized carbons (Fsp3) is 0.0690. The molecule has 0 atom stereocenters. The maximum absolute atomic E-state index is 12.5. The van der Waals surface area contributed by atoms with Gasteiger partial charge < -0.3 is 9.72 Å². The molecule has 6 heteroatoms. The predicted octanol–water partition coefficient (Wildman–Crippen LogP) is 7.35. The van der Waals surface area contributed by atoms with Crippen molar-refractivity contribution in [2.45, 2.75) is 6.92 Å². The number of H-pyrrole nitrogens is 1. The number of para-hydroxylation sites is 1. The molecule has 1 N–H and O–H groups in total. The summed E-state index contributed by atoms with van der Waals surface area (Å²) in [6.07, 6.45) is 0. The van der Waals surface area contributed by atoms with Crippen LogP contribution in [0.5, 0.6) is 0 Å². The van der Waals surface area contributed by atoms with Crippen LogP contribution in [-0.2, 0) is 4.74 Å². The van der Waals surface area contributed by atoms with Crippen molar-refractivity contribution in [2.24, 2.45) is 0 Å². The molecule has 0 radical (unpaired) electrons. The number of aromatic nitrogens is 3. The molecule has 3 heterocycles. The zero-order chi connectivity index (χ0) is 24.1. The van der Waals surface area contributed by atoms with Crippen molar-refractivity contribution in [1.29, 1.82) is 0 Å². The second-order valence-electron chi connectivity index (χ2n) is 8.52. The van der Waals surface area contributed by atoms with E-state index in [1.54, 1.807) is 6.07 Å². The Morgan fingerprint density at radius 2 is 1.69 bits per heavy atom. The summed E-state index contributed by atoms with van der Waals surface area (Å²) < 4.78 is 5.01. The van der Waals surface area contributed by atoms with E-state index in [4.69, 9.17) is 26.3 Å². The van der Waals surface area contributed by atoms with Gasteiger partial charge >= 0.3 is 5.97 Å². The van der Waals surface area contributed by atoms with Crippen LogP contribution in [0, 0.1) is 6.92 Å². The minimum Gasteiger partial charge on any atom is -0.464 e. The second kappa shape index (κ2) is 8.22. The third-order valence-corrected chi connectivity index (χ3v) is 6.50. The van der Waals surface area contributed by atoms with Crippen molar-refractivity contribution < 1.29 is 9.53 Å². The van der Waals surface area contributed by atoms with Crippen LogP contribution < -0.4 is 0 Å². The lowest BCUT2D eigenvalue weighted by Crippen LogP contribution is -2.05. The molecule has 0 bridgehead atoms. The van der Waals surface area contributed by atoms with Gasteiger partial charge in [0, 0.05) is 26.7 Å². The van der Waals surface area contributed by atoms with Gasteiger partial charge in [-0.1, -0.05) is 59.6 Å². The van der Waals surface area contributed by atoms with Gasteiger partial charge in [-0.25, -0.2) is 14.8 Å². The zero-order valence-electron chi connectivity index (χ0n) is 19.1. The molecule has 170 valence electrons. The Labute approximate surface area is 206 Å². The van der Waals surface area contributed by atoms with E-state index < -0.39 is 5.97 Å². The Balaban J connectivity index is 1.70. The number of hydrogen-bond acceptors (Lipinski definition) is 4. The Morgan fingerprint density at radius 1 is 0.886 bits per heavy atom. The molecule has 0 spiro atoms. The molecule has 0 aliphatic carbocycles. The van der Waals surface area contributed by atoms with Gasteiger partial charge in [-0.3, -0.25) is 0 Å². The zero-order valence-corrected chi connectivity index (χ0v) is 19.9. The lowest BCUT2D eigenvalue weighted by Gasteiger charge is -2.12. The molecule has 0 saturated heterocycles. The maximum atomic E-state index is 12.5. The Bertz CT molecular complexity index is 1770. The summed E-state index contributed by atoms with van der Waals surface area (Å²) in [5, 5.41) is 3.48. The highest BCUT2D eigenvalue weighted by atomic mass is 35.5. The van der Waals surface area contributed by atoms with Crippen LogP contribution in [0.4, 0.5) is 0 Å². The van der Waals surface area contributed by atoms with Crippen molar-refractivity contribution in [1.82, 2.24) is 15.0 Å². The number of fused-ring (bicyclic) bond motifs is 4. The quantitative estimate of drug-likeness (QED) is 0.270. The Hall–Kier alpha value is -4.22. The van der Waals surface area contributed by atoms with Gasteiger partial charge in [-0.05, 0) is 54.4 Å². The summed E-state index contributed by atoms with van der Waals surface area (Å²) in [5.41, 5.74) is 7.24. The molecule has 3 aromatic heterocycles. The summed E-state index contributed by atoms with van der Waals surface area (Å²) in [7, 11) is 1.36. The summed E-state index contributed by atoms with van der Waals surface area (Å²) in [6, 6.07) is 25.8. The minimum absolute atomic E-state index is 0.231. The van der Waals surface area contributed by atoms with Crippen LogP contribution in [0.1, 0.15) is 16.1 Å². The molecule has 0 aliphatic heterocycles. The molecule has 0 fully saturated rings. The number of rotatable bonds is 3. The first kappa shape index (κ1) is 21.3. The fourth-order valence-corrected chi connectivity index (χ4v) is 4.70. The van der Waals surface area contributed by atoms with E-state index in [1.165, 1.54) is 12.7 Å². The van der Waals surface area contributed by atoms with Gasteiger partial charge in [-0.2, -0.15) is 0 Å². The molecule has 5 nitrogen and oxygen atoms in total.